The Bertz CT molecular complexity index is 932. The maximum absolute atomic E-state index is 12.4. The summed E-state index contributed by atoms with van der Waals surface area (Å²) in [6.45, 7) is 4.48. The average Bonchev–Trinajstić information content (AvgIpc) is 3.05. The Morgan fingerprint density at radius 2 is 1.85 bits per heavy atom. The van der Waals surface area contributed by atoms with E-state index in [-0.39, 0.29) is 5.91 Å². The van der Waals surface area contributed by atoms with Crippen LogP contribution in [0.1, 0.15) is 26.4 Å². The first kappa shape index (κ1) is 18.8. The van der Waals surface area contributed by atoms with E-state index in [1.165, 1.54) is 11.3 Å². The number of aryl methyl sites for hydroxylation is 2. The SMILES string of the molecule is Cc1cc(C)cc(OCc2csc(C(=O)Nc3cccc(Cl)c3Cl)c2)c1. The van der Waals surface area contributed by atoms with E-state index in [9.17, 15) is 4.79 Å². The molecule has 0 fully saturated rings. The van der Waals surface area contributed by atoms with Crippen LogP contribution in [0, 0.1) is 13.8 Å². The molecule has 1 amide bonds. The van der Waals surface area contributed by atoms with Crippen LogP contribution in [0.2, 0.25) is 10.0 Å². The summed E-state index contributed by atoms with van der Waals surface area (Å²) in [5.41, 5.74) is 3.75. The molecule has 0 unspecified atom stereocenters. The standard InChI is InChI=1S/C20H17Cl2NO2S/c1-12-6-13(2)8-15(7-12)25-10-14-9-18(26-11-14)20(24)23-17-5-3-4-16(21)19(17)22/h3-9,11H,10H2,1-2H3,(H,23,24). The van der Waals surface area contributed by atoms with Crippen molar-refractivity contribution in [2.45, 2.75) is 20.5 Å². The van der Waals surface area contributed by atoms with Crippen LogP contribution in [0.5, 0.6) is 5.75 Å². The summed E-state index contributed by atoms with van der Waals surface area (Å²) in [5, 5.41) is 5.43. The van der Waals surface area contributed by atoms with Crippen LogP contribution in [0.25, 0.3) is 0 Å². The molecule has 0 saturated heterocycles. The molecule has 1 N–H and O–H groups in total. The van der Waals surface area contributed by atoms with Crippen molar-refractivity contribution in [1.82, 2.24) is 0 Å². The second-order valence-electron chi connectivity index (χ2n) is 5.99. The van der Waals surface area contributed by atoms with Gasteiger partial charge in [-0.3, -0.25) is 4.79 Å². The van der Waals surface area contributed by atoms with Crippen LogP contribution in [-0.4, -0.2) is 5.91 Å². The Hall–Kier alpha value is -2.01. The molecule has 134 valence electrons. The smallest absolute Gasteiger partial charge is 0.265 e. The number of amides is 1. The highest BCUT2D eigenvalue weighted by molar-refractivity contribution is 7.12. The van der Waals surface area contributed by atoms with E-state index in [0.29, 0.717) is 27.2 Å². The third kappa shape index (κ3) is 4.58. The van der Waals surface area contributed by atoms with Gasteiger partial charge in [-0.25, -0.2) is 0 Å². The molecule has 0 aliphatic carbocycles. The van der Waals surface area contributed by atoms with Gasteiger partial charge in [0.1, 0.15) is 12.4 Å². The quantitative estimate of drug-likeness (QED) is 0.525. The zero-order chi connectivity index (χ0) is 18.7. The van der Waals surface area contributed by atoms with Crippen molar-refractivity contribution in [3.8, 4) is 5.75 Å². The number of halogens is 2. The Morgan fingerprint density at radius 1 is 1.12 bits per heavy atom. The minimum Gasteiger partial charge on any atom is -0.489 e. The fraction of sp³-hybridized carbons (Fsp3) is 0.150. The van der Waals surface area contributed by atoms with Crippen LogP contribution in [0.15, 0.2) is 47.8 Å². The monoisotopic (exact) mass is 405 g/mol. The molecule has 3 aromatic rings. The molecule has 6 heteroatoms. The van der Waals surface area contributed by atoms with Crippen LogP contribution in [0.4, 0.5) is 5.69 Å². The molecule has 26 heavy (non-hydrogen) atoms. The molecular formula is C20H17Cl2NO2S. The van der Waals surface area contributed by atoms with E-state index in [1.807, 2.05) is 37.4 Å². The molecule has 1 aromatic heterocycles. The summed E-state index contributed by atoms with van der Waals surface area (Å²) in [7, 11) is 0. The van der Waals surface area contributed by atoms with E-state index in [0.717, 1.165) is 22.4 Å². The third-order valence-corrected chi connectivity index (χ3v) is 5.47. The fourth-order valence-electron chi connectivity index (χ4n) is 2.54. The predicted molar refractivity (Wildman–Crippen MR) is 109 cm³/mol. The number of nitrogens with one attached hydrogen (secondary N) is 1. The highest BCUT2D eigenvalue weighted by Gasteiger charge is 2.13. The van der Waals surface area contributed by atoms with Crippen molar-refractivity contribution < 1.29 is 9.53 Å². The topological polar surface area (TPSA) is 38.3 Å². The predicted octanol–water partition coefficient (Wildman–Crippen LogP) is 6.50. The molecule has 0 saturated carbocycles. The number of anilines is 1. The average molecular weight is 406 g/mol. The Kier molecular flexibility index (Phi) is 5.87. The van der Waals surface area contributed by atoms with E-state index in [2.05, 4.69) is 11.4 Å². The van der Waals surface area contributed by atoms with Crippen molar-refractivity contribution in [3.63, 3.8) is 0 Å². The molecule has 0 bridgehead atoms. The van der Waals surface area contributed by atoms with Gasteiger partial charge in [0.05, 0.1) is 20.6 Å². The number of carbonyl (C=O) groups excluding carboxylic acids is 1. The van der Waals surface area contributed by atoms with Gasteiger partial charge in [-0.2, -0.15) is 0 Å². The minimum absolute atomic E-state index is 0.225. The molecule has 3 nitrogen and oxygen atoms in total. The number of carbonyl (C=O) groups is 1. The molecule has 3 rings (SSSR count). The van der Waals surface area contributed by atoms with Gasteiger partial charge in [-0.15, -0.1) is 11.3 Å². The van der Waals surface area contributed by atoms with Crippen molar-refractivity contribution in [2.75, 3.05) is 5.32 Å². The van der Waals surface area contributed by atoms with Gasteiger partial charge in [0.25, 0.3) is 5.91 Å². The van der Waals surface area contributed by atoms with E-state index < -0.39 is 0 Å². The van der Waals surface area contributed by atoms with Crippen molar-refractivity contribution in [3.05, 3.63) is 79.5 Å². The third-order valence-electron chi connectivity index (χ3n) is 3.68. The first-order valence-corrected chi connectivity index (χ1v) is 9.60. The van der Waals surface area contributed by atoms with Crippen LogP contribution in [0.3, 0.4) is 0 Å². The number of benzene rings is 2. The summed E-state index contributed by atoms with van der Waals surface area (Å²) in [6, 6.07) is 13.0. The second kappa shape index (κ2) is 8.12. The molecule has 0 aliphatic heterocycles. The maximum Gasteiger partial charge on any atom is 0.265 e. The van der Waals surface area contributed by atoms with Crippen LogP contribution < -0.4 is 10.1 Å². The van der Waals surface area contributed by atoms with Gasteiger partial charge in [0.2, 0.25) is 0 Å². The van der Waals surface area contributed by atoms with Gasteiger partial charge < -0.3 is 10.1 Å². The lowest BCUT2D eigenvalue weighted by molar-refractivity contribution is 0.103. The highest BCUT2D eigenvalue weighted by Crippen LogP contribution is 2.30. The van der Waals surface area contributed by atoms with Crippen molar-refractivity contribution in [2.24, 2.45) is 0 Å². The normalized spacial score (nSPS) is 10.6. The summed E-state index contributed by atoms with van der Waals surface area (Å²) in [6.07, 6.45) is 0. The number of ether oxygens (including phenoxy) is 1. The number of hydrogen-bond acceptors (Lipinski definition) is 3. The lowest BCUT2D eigenvalue weighted by Crippen LogP contribution is -2.10. The summed E-state index contributed by atoms with van der Waals surface area (Å²) in [4.78, 5) is 13.0. The van der Waals surface area contributed by atoms with Crippen LogP contribution >= 0.6 is 34.5 Å². The van der Waals surface area contributed by atoms with Gasteiger partial charge in [-0.1, -0.05) is 35.3 Å². The fourth-order valence-corrected chi connectivity index (χ4v) is 3.68. The molecule has 0 spiro atoms. The lowest BCUT2D eigenvalue weighted by atomic mass is 10.1. The highest BCUT2D eigenvalue weighted by atomic mass is 35.5. The minimum atomic E-state index is -0.225. The zero-order valence-electron chi connectivity index (χ0n) is 14.3. The van der Waals surface area contributed by atoms with Gasteiger partial charge in [0, 0.05) is 5.56 Å². The largest absolute Gasteiger partial charge is 0.489 e. The second-order valence-corrected chi connectivity index (χ2v) is 7.68. The Balaban J connectivity index is 1.65. The summed E-state index contributed by atoms with van der Waals surface area (Å²) < 4.78 is 5.84. The van der Waals surface area contributed by atoms with E-state index >= 15 is 0 Å². The van der Waals surface area contributed by atoms with Crippen molar-refractivity contribution in [1.29, 1.82) is 0 Å². The zero-order valence-corrected chi connectivity index (χ0v) is 16.6. The molecule has 0 atom stereocenters. The van der Waals surface area contributed by atoms with Crippen molar-refractivity contribution >= 4 is 46.1 Å². The molecule has 1 heterocycles. The van der Waals surface area contributed by atoms with Gasteiger partial charge in [-0.05, 0) is 60.7 Å². The molecular weight excluding hydrogens is 389 g/mol. The maximum atomic E-state index is 12.4. The van der Waals surface area contributed by atoms with Gasteiger partial charge in [0.15, 0.2) is 0 Å². The molecule has 0 aliphatic rings. The van der Waals surface area contributed by atoms with Crippen LogP contribution in [-0.2, 0) is 6.61 Å². The molecule has 2 aromatic carbocycles. The first-order valence-electron chi connectivity index (χ1n) is 7.96. The van der Waals surface area contributed by atoms with Gasteiger partial charge >= 0.3 is 0 Å². The first-order chi connectivity index (χ1) is 12.4. The van der Waals surface area contributed by atoms with E-state index in [4.69, 9.17) is 27.9 Å². The number of rotatable bonds is 5. The summed E-state index contributed by atoms with van der Waals surface area (Å²) >= 11 is 13.4. The lowest BCUT2D eigenvalue weighted by Gasteiger charge is -2.07. The number of thiophene rings is 1. The Morgan fingerprint density at radius 3 is 2.58 bits per heavy atom. The number of hydrogen-bond donors (Lipinski definition) is 1. The molecule has 0 radical (unpaired) electrons. The summed E-state index contributed by atoms with van der Waals surface area (Å²) in [5.74, 6) is 0.599. The van der Waals surface area contributed by atoms with E-state index in [1.54, 1.807) is 18.2 Å². The Labute approximate surface area is 166 Å².